The normalized spacial score (nSPS) is 15.9. The van der Waals surface area contributed by atoms with Crippen molar-refractivity contribution in [1.82, 2.24) is 0 Å². The third-order valence-corrected chi connectivity index (χ3v) is 5.54. The molecule has 0 bridgehead atoms. The Hall–Kier alpha value is -0.630. The van der Waals surface area contributed by atoms with Crippen molar-refractivity contribution in [2.24, 2.45) is 0 Å². The third kappa shape index (κ3) is 4.18. The second-order valence-electron chi connectivity index (χ2n) is 5.45. The Morgan fingerprint density at radius 3 is 2.20 bits per heavy atom. The van der Waals surface area contributed by atoms with Crippen molar-refractivity contribution >= 4 is 7.60 Å². The molecular weight excluding hydrogens is 271 g/mol. The van der Waals surface area contributed by atoms with Gasteiger partial charge in [0.2, 0.25) is 0 Å². The topological polar surface area (TPSA) is 46.5 Å². The molecule has 1 rings (SSSR count). The molecule has 4 heteroatoms. The molecule has 114 valence electrons. The molecule has 0 radical (unpaired) electrons. The fourth-order valence-corrected chi connectivity index (χ4v) is 4.65. The van der Waals surface area contributed by atoms with Crippen molar-refractivity contribution in [3.05, 3.63) is 34.4 Å². The summed E-state index contributed by atoms with van der Waals surface area (Å²) in [6.45, 7) is 10.2. The molecule has 0 spiro atoms. The van der Waals surface area contributed by atoms with Gasteiger partial charge in [-0.2, -0.15) is 0 Å². The van der Waals surface area contributed by atoms with Crippen molar-refractivity contribution < 1.29 is 14.0 Å². The van der Waals surface area contributed by atoms with Gasteiger partial charge in [0.25, 0.3) is 0 Å². The van der Waals surface area contributed by atoms with E-state index in [0.717, 1.165) is 29.5 Å². The van der Waals surface area contributed by atoms with Gasteiger partial charge in [-0.05, 0) is 50.8 Å². The van der Waals surface area contributed by atoms with Gasteiger partial charge in [0.1, 0.15) is 0 Å². The van der Waals surface area contributed by atoms with Gasteiger partial charge in [-0.15, -0.1) is 0 Å². The summed E-state index contributed by atoms with van der Waals surface area (Å²) in [5, 5.41) is 0. The number of unbranched alkanes of at least 4 members (excludes halogenated alkanes) is 1. The summed E-state index contributed by atoms with van der Waals surface area (Å²) in [5.74, 6) is 0. The van der Waals surface area contributed by atoms with E-state index in [-0.39, 0.29) is 6.61 Å². The van der Waals surface area contributed by atoms with E-state index in [2.05, 4.69) is 19.1 Å². The average molecular weight is 298 g/mol. The minimum absolute atomic E-state index is 0.264. The molecule has 0 saturated carbocycles. The zero-order chi connectivity index (χ0) is 15.3. The highest BCUT2D eigenvalue weighted by molar-refractivity contribution is 7.53. The van der Waals surface area contributed by atoms with Crippen molar-refractivity contribution in [2.75, 3.05) is 6.61 Å². The van der Waals surface area contributed by atoms with Crippen molar-refractivity contribution in [1.29, 1.82) is 0 Å². The number of rotatable bonds is 7. The van der Waals surface area contributed by atoms with E-state index < -0.39 is 13.3 Å². The SMILES string of the molecule is CCCCC(c1c(C)cc(C)cc1C)P(=O)(O)OCC. The molecule has 3 nitrogen and oxygen atoms in total. The van der Waals surface area contributed by atoms with Crippen LogP contribution in [0.2, 0.25) is 0 Å². The van der Waals surface area contributed by atoms with Gasteiger partial charge in [0.05, 0.1) is 12.3 Å². The first kappa shape index (κ1) is 17.4. The maximum atomic E-state index is 12.5. The second-order valence-corrected chi connectivity index (χ2v) is 7.46. The maximum Gasteiger partial charge on any atom is 0.335 e. The molecular formula is C16H27O3P. The number of hydrogen-bond donors (Lipinski definition) is 1. The highest BCUT2D eigenvalue weighted by atomic mass is 31.2. The molecule has 0 saturated heterocycles. The van der Waals surface area contributed by atoms with Crippen molar-refractivity contribution in [2.45, 2.75) is 59.5 Å². The molecule has 0 fully saturated rings. The lowest BCUT2D eigenvalue weighted by molar-refractivity contribution is 0.262. The first-order chi connectivity index (χ1) is 9.33. The largest absolute Gasteiger partial charge is 0.335 e. The summed E-state index contributed by atoms with van der Waals surface area (Å²) in [7, 11) is -3.62. The molecule has 0 aromatic heterocycles. The van der Waals surface area contributed by atoms with Gasteiger partial charge < -0.3 is 9.42 Å². The van der Waals surface area contributed by atoms with Gasteiger partial charge in [0.15, 0.2) is 0 Å². The first-order valence-corrected chi connectivity index (χ1v) is 9.02. The summed E-state index contributed by atoms with van der Waals surface area (Å²) < 4.78 is 17.7. The Kier molecular flexibility index (Phi) is 6.44. The second kappa shape index (κ2) is 7.40. The molecule has 1 aromatic rings. The molecule has 2 unspecified atom stereocenters. The zero-order valence-electron chi connectivity index (χ0n) is 13.3. The molecule has 1 N–H and O–H groups in total. The fraction of sp³-hybridized carbons (Fsp3) is 0.625. The highest BCUT2D eigenvalue weighted by Crippen LogP contribution is 2.59. The lowest BCUT2D eigenvalue weighted by Crippen LogP contribution is -2.08. The van der Waals surface area contributed by atoms with Crippen molar-refractivity contribution in [3.63, 3.8) is 0 Å². The summed E-state index contributed by atoms with van der Waals surface area (Å²) in [4.78, 5) is 10.3. The van der Waals surface area contributed by atoms with Crippen LogP contribution in [0.25, 0.3) is 0 Å². The molecule has 0 amide bonds. The van der Waals surface area contributed by atoms with Gasteiger partial charge >= 0.3 is 7.60 Å². The number of benzene rings is 1. The predicted molar refractivity (Wildman–Crippen MR) is 84.4 cm³/mol. The maximum absolute atomic E-state index is 12.5. The van der Waals surface area contributed by atoms with Crippen LogP contribution in [0.15, 0.2) is 12.1 Å². The van der Waals surface area contributed by atoms with E-state index in [1.165, 1.54) is 5.56 Å². The monoisotopic (exact) mass is 298 g/mol. The number of aryl methyl sites for hydroxylation is 3. The predicted octanol–water partition coefficient (Wildman–Crippen LogP) is 5.07. The van der Waals surface area contributed by atoms with Crippen LogP contribution in [0.4, 0.5) is 0 Å². The average Bonchev–Trinajstić information content (AvgIpc) is 2.31. The molecule has 0 heterocycles. The minimum Gasteiger partial charge on any atom is -0.324 e. The Balaban J connectivity index is 3.27. The lowest BCUT2D eigenvalue weighted by Gasteiger charge is -2.26. The van der Waals surface area contributed by atoms with Crippen LogP contribution >= 0.6 is 7.60 Å². The lowest BCUT2D eigenvalue weighted by atomic mass is 9.95. The molecule has 0 aliphatic rings. The zero-order valence-corrected chi connectivity index (χ0v) is 14.2. The van der Waals surface area contributed by atoms with E-state index in [1.807, 2.05) is 20.8 Å². The van der Waals surface area contributed by atoms with E-state index in [9.17, 15) is 9.46 Å². The van der Waals surface area contributed by atoms with Crippen LogP contribution in [-0.4, -0.2) is 11.5 Å². The van der Waals surface area contributed by atoms with E-state index in [4.69, 9.17) is 4.52 Å². The van der Waals surface area contributed by atoms with Crippen LogP contribution in [0.3, 0.4) is 0 Å². The van der Waals surface area contributed by atoms with Crippen LogP contribution in [-0.2, 0) is 9.09 Å². The molecule has 2 atom stereocenters. The fourth-order valence-electron chi connectivity index (χ4n) is 2.86. The van der Waals surface area contributed by atoms with Crippen LogP contribution in [0.1, 0.15) is 61.0 Å². The number of hydrogen-bond acceptors (Lipinski definition) is 2. The Morgan fingerprint density at radius 2 is 1.75 bits per heavy atom. The van der Waals surface area contributed by atoms with Gasteiger partial charge in [-0.25, -0.2) is 0 Å². The van der Waals surface area contributed by atoms with E-state index in [0.29, 0.717) is 6.42 Å². The van der Waals surface area contributed by atoms with Crippen LogP contribution in [0, 0.1) is 20.8 Å². The van der Waals surface area contributed by atoms with Gasteiger partial charge in [-0.3, -0.25) is 4.57 Å². The quantitative estimate of drug-likeness (QED) is 0.715. The summed E-state index contributed by atoms with van der Waals surface area (Å²) >= 11 is 0. The summed E-state index contributed by atoms with van der Waals surface area (Å²) in [5.41, 5.74) is 3.92. The molecule has 1 aromatic carbocycles. The van der Waals surface area contributed by atoms with Gasteiger partial charge in [0, 0.05) is 0 Å². The minimum atomic E-state index is -3.62. The highest BCUT2D eigenvalue weighted by Gasteiger charge is 2.34. The standard InChI is InChI=1S/C16H27O3P/c1-6-8-9-15(20(17,18)19-7-2)16-13(4)10-12(3)11-14(16)5/h10-11,15H,6-9H2,1-5H3,(H,17,18). The Bertz CT molecular complexity index is 473. The van der Waals surface area contributed by atoms with Crippen LogP contribution < -0.4 is 0 Å². The Morgan fingerprint density at radius 1 is 1.20 bits per heavy atom. The summed E-state index contributed by atoms with van der Waals surface area (Å²) in [6.07, 6.45) is 2.62. The summed E-state index contributed by atoms with van der Waals surface area (Å²) in [6, 6.07) is 4.15. The first-order valence-electron chi connectivity index (χ1n) is 7.38. The van der Waals surface area contributed by atoms with E-state index in [1.54, 1.807) is 6.92 Å². The van der Waals surface area contributed by atoms with E-state index >= 15 is 0 Å². The molecule has 0 aliphatic heterocycles. The third-order valence-electron chi connectivity index (χ3n) is 3.61. The molecule has 0 aliphatic carbocycles. The van der Waals surface area contributed by atoms with Gasteiger partial charge in [-0.1, -0.05) is 37.5 Å². The van der Waals surface area contributed by atoms with Crippen LogP contribution in [0.5, 0.6) is 0 Å². The molecule has 20 heavy (non-hydrogen) atoms. The smallest absolute Gasteiger partial charge is 0.324 e. The Labute approximate surface area is 122 Å². The van der Waals surface area contributed by atoms with Crippen molar-refractivity contribution in [3.8, 4) is 0 Å².